The molecule has 1 aromatic carbocycles. The second-order valence-corrected chi connectivity index (χ2v) is 6.60. The van der Waals surface area contributed by atoms with Gasteiger partial charge in [0.2, 0.25) is 0 Å². The van der Waals surface area contributed by atoms with E-state index >= 15 is 0 Å². The van der Waals surface area contributed by atoms with E-state index < -0.39 is 0 Å². The number of nitrogens with two attached hydrogens (primary N) is 1. The quantitative estimate of drug-likeness (QED) is 0.834. The van der Waals surface area contributed by atoms with E-state index in [-0.39, 0.29) is 0 Å². The number of rotatable bonds is 4. The number of piperazine rings is 1. The zero-order valence-electron chi connectivity index (χ0n) is 10.6. The number of halogens is 2. The van der Waals surface area contributed by atoms with Crippen molar-refractivity contribution in [2.75, 3.05) is 32.7 Å². The van der Waals surface area contributed by atoms with Crippen molar-refractivity contribution >= 4 is 44.7 Å². The minimum atomic E-state index is 0.574. The predicted octanol–water partition coefficient (Wildman–Crippen LogP) is 2.51. The third kappa shape index (κ3) is 4.68. The molecule has 1 fully saturated rings. The van der Waals surface area contributed by atoms with Crippen molar-refractivity contribution in [2.45, 2.75) is 6.54 Å². The van der Waals surface area contributed by atoms with E-state index in [1.807, 2.05) is 12.1 Å². The molecule has 1 aromatic rings. The van der Waals surface area contributed by atoms with Gasteiger partial charge in [0.25, 0.3) is 0 Å². The molecule has 0 radical (unpaired) electrons. The first-order valence-electron chi connectivity index (χ1n) is 6.21. The maximum Gasteiger partial charge on any atom is 0.0870 e. The van der Waals surface area contributed by atoms with Gasteiger partial charge in [-0.3, -0.25) is 9.80 Å². The zero-order chi connectivity index (χ0) is 13.8. The third-order valence-corrected chi connectivity index (χ3v) is 4.23. The molecule has 0 spiro atoms. The first kappa shape index (κ1) is 15.2. The summed E-state index contributed by atoms with van der Waals surface area (Å²) in [5.74, 6) is 0. The van der Waals surface area contributed by atoms with Crippen LogP contribution in [0.4, 0.5) is 0 Å². The average molecular weight is 363 g/mol. The van der Waals surface area contributed by atoms with Gasteiger partial charge < -0.3 is 5.73 Å². The lowest BCUT2D eigenvalue weighted by Crippen LogP contribution is -2.48. The molecule has 0 atom stereocenters. The molecule has 1 aliphatic rings. The van der Waals surface area contributed by atoms with Crippen LogP contribution in [0.25, 0.3) is 0 Å². The largest absolute Gasteiger partial charge is 0.392 e. The van der Waals surface area contributed by atoms with E-state index in [1.54, 1.807) is 0 Å². The van der Waals surface area contributed by atoms with Crippen molar-refractivity contribution in [3.63, 3.8) is 0 Å². The maximum atomic E-state index is 6.25. The lowest BCUT2D eigenvalue weighted by molar-refractivity contribution is 0.140. The van der Waals surface area contributed by atoms with Crippen molar-refractivity contribution in [1.82, 2.24) is 9.80 Å². The van der Waals surface area contributed by atoms with Crippen LogP contribution in [0.15, 0.2) is 22.7 Å². The molecule has 0 saturated carbocycles. The smallest absolute Gasteiger partial charge is 0.0870 e. The van der Waals surface area contributed by atoms with Gasteiger partial charge in [-0.2, -0.15) is 0 Å². The Kier molecular flexibility index (Phi) is 5.59. The molecule has 3 nitrogen and oxygen atoms in total. The van der Waals surface area contributed by atoms with Gasteiger partial charge in [-0.1, -0.05) is 45.8 Å². The Labute approximate surface area is 132 Å². The Bertz CT molecular complexity index is 461. The van der Waals surface area contributed by atoms with Crippen molar-refractivity contribution < 1.29 is 0 Å². The molecule has 104 valence electrons. The maximum absolute atomic E-state index is 6.25. The fourth-order valence-electron chi connectivity index (χ4n) is 2.22. The van der Waals surface area contributed by atoms with Crippen molar-refractivity contribution in [1.29, 1.82) is 0 Å². The van der Waals surface area contributed by atoms with Gasteiger partial charge in [-0.05, 0) is 17.7 Å². The van der Waals surface area contributed by atoms with E-state index in [9.17, 15) is 0 Å². The highest BCUT2D eigenvalue weighted by Gasteiger charge is 2.17. The van der Waals surface area contributed by atoms with E-state index in [0.717, 1.165) is 48.8 Å². The Morgan fingerprint density at radius 1 is 1.26 bits per heavy atom. The van der Waals surface area contributed by atoms with E-state index in [0.29, 0.717) is 4.99 Å². The van der Waals surface area contributed by atoms with Crippen LogP contribution in [0.3, 0.4) is 0 Å². The molecule has 1 aliphatic heterocycles. The van der Waals surface area contributed by atoms with Crippen LogP contribution >= 0.6 is 39.7 Å². The number of thiocarbonyl (C=S) groups is 1. The minimum Gasteiger partial charge on any atom is -0.392 e. The Hall–Kier alpha value is -0.200. The number of hydrogen-bond donors (Lipinski definition) is 1. The normalized spacial score (nSPS) is 17.6. The Balaban J connectivity index is 1.87. The first-order chi connectivity index (χ1) is 9.04. The molecule has 0 amide bonds. The van der Waals surface area contributed by atoms with Crippen LogP contribution in [0.5, 0.6) is 0 Å². The van der Waals surface area contributed by atoms with Crippen molar-refractivity contribution in [3.8, 4) is 0 Å². The zero-order valence-corrected chi connectivity index (χ0v) is 13.8. The molecule has 0 bridgehead atoms. The summed E-state index contributed by atoms with van der Waals surface area (Å²) in [7, 11) is 0. The summed E-state index contributed by atoms with van der Waals surface area (Å²) < 4.78 is 1.02. The summed E-state index contributed by atoms with van der Waals surface area (Å²) in [5.41, 5.74) is 6.74. The summed E-state index contributed by atoms with van der Waals surface area (Å²) in [6.45, 7) is 5.68. The second kappa shape index (κ2) is 6.99. The topological polar surface area (TPSA) is 32.5 Å². The summed E-state index contributed by atoms with van der Waals surface area (Å²) in [4.78, 5) is 5.28. The van der Waals surface area contributed by atoms with Gasteiger partial charge in [0, 0.05) is 48.8 Å². The van der Waals surface area contributed by atoms with Crippen LogP contribution in [0.2, 0.25) is 5.02 Å². The van der Waals surface area contributed by atoms with Gasteiger partial charge in [0.1, 0.15) is 0 Å². The minimum absolute atomic E-state index is 0.574. The summed E-state index contributed by atoms with van der Waals surface area (Å²) in [6, 6.07) is 6.05. The number of hydrogen-bond acceptors (Lipinski definition) is 3. The van der Waals surface area contributed by atoms with Gasteiger partial charge in [-0.25, -0.2) is 0 Å². The Morgan fingerprint density at radius 2 is 1.89 bits per heavy atom. The molecule has 2 rings (SSSR count). The lowest BCUT2D eigenvalue weighted by atomic mass is 10.2. The van der Waals surface area contributed by atoms with Gasteiger partial charge >= 0.3 is 0 Å². The molecule has 1 saturated heterocycles. The third-order valence-electron chi connectivity index (χ3n) is 3.25. The highest BCUT2D eigenvalue weighted by atomic mass is 79.9. The fourth-order valence-corrected chi connectivity index (χ4v) is 3.13. The summed E-state index contributed by atoms with van der Waals surface area (Å²) >= 11 is 14.6. The van der Waals surface area contributed by atoms with E-state index in [2.05, 4.69) is 31.8 Å². The molecule has 1 heterocycles. The van der Waals surface area contributed by atoms with Crippen LogP contribution in [0.1, 0.15) is 5.56 Å². The molecule has 0 unspecified atom stereocenters. The van der Waals surface area contributed by atoms with Gasteiger partial charge in [0.05, 0.1) is 4.99 Å². The SMILES string of the molecule is NC(=S)CN1CCN(Cc2ccc(Br)cc2Cl)CC1. The fraction of sp³-hybridized carbons (Fsp3) is 0.462. The molecule has 19 heavy (non-hydrogen) atoms. The monoisotopic (exact) mass is 361 g/mol. The van der Waals surface area contributed by atoms with Crippen LogP contribution < -0.4 is 5.73 Å². The van der Waals surface area contributed by atoms with Crippen LogP contribution in [-0.2, 0) is 6.54 Å². The molecule has 6 heteroatoms. The average Bonchev–Trinajstić information content (AvgIpc) is 2.34. The predicted molar refractivity (Wildman–Crippen MR) is 87.7 cm³/mol. The molecule has 2 N–H and O–H groups in total. The summed E-state index contributed by atoms with van der Waals surface area (Å²) in [5, 5.41) is 0.819. The molecular formula is C13H17BrClN3S. The number of nitrogens with zero attached hydrogens (tertiary/aromatic N) is 2. The van der Waals surface area contributed by atoms with Crippen LogP contribution in [0, 0.1) is 0 Å². The molecular weight excluding hydrogens is 346 g/mol. The standard InChI is InChI=1S/C13H17BrClN3S/c14-11-2-1-10(12(15)7-11)8-17-3-5-18(6-4-17)9-13(16)19/h1-2,7H,3-6,8-9H2,(H2,16,19). The number of benzene rings is 1. The highest BCUT2D eigenvalue weighted by molar-refractivity contribution is 9.10. The van der Waals surface area contributed by atoms with Gasteiger partial charge in [0.15, 0.2) is 0 Å². The van der Waals surface area contributed by atoms with E-state index in [4.69, 9.17) is 29.6 Å². The molecule has 0 aromatic heterocycles. The van der Waals surface area contributed by atoms with Crippen molar-refractivity contribution in [2.24, 2.45) is 5.73 Å². The second-order valence-electron chi connectivity index (χ2n) is 4.75. The van der Waals surface area contributed by atoms with Crippen LogP contribution in [-0.4, -0.2) is 47.5 Å². The Morgan fingerprint density at radius 3 is 2.47 bits per heavy atom. The molecule has 0 aliphatic carbocycles. The van der Waals surface area contributed by atoms with Gasteiger partial charge in [-0.15, -0.1) is 0 Å². The first-order valence-corrected chi connectivity index (χ1v) is 7.79. The lowest BCUT2D eigenvalue weighted by Gasteiger charge is -2.34. The highest BCUT2D eigenvalue weighted by Crippen LogP contribution is 2.23. The van der Waals surface area contributed by atoms with E-state index in [1.165, 1.54) is 5.56 Å². The summed E-state index contributed by atoms with van der Waals surface area (Å²) in [6.07, 6.45) is 0. The van der Waals surface area contributed by atoms with Crippen molar-refractivity contribution in [3.05, 3.63) is 33.3 Å².